The Morgan fingerprint density at radius 2 is 1.90 bits per heavy atom. The summed E-state index contributed by atoms with van der Waals surface area (Å²) in [4.78, 5) is 14.2. The van der Waals surface area contributed by atoms with Gasteiger partial charge in [0, 0.05) is 19.9 Å². The molecule has 0 aliphatic carbocycles. The first-order chi connectivity index (χ1) is 9.74. The van der Waals surface area contributed by atoms with E-state index in [0.29, 0.717) is 24.7 Å². The fourth-order valence-electron chi connectivity index (χ4n) is 2.47. The fourth-order valence-corrected chi connectivity index (χ4v) is 2.47. The molecule has 6 nitrogen and oxygen atoms in total. The number of nitrogens with one attached hydrogen (secondary N) is 1. The molecule has 1 saturated heterocycles. The van der Waals surface area contributed by atoms with Crippen molar-refractivity contribution in [2.75, 3.05) is 19.6 Å². The van der Waals surface area contributed by atoms with E-state index in [1.54, 1.807) is 6.92 Å². The van der Waals surface area contributed by atoms with Crippen LogP contribution in [-0.2, 0) is 11.3 Å². The Hall–Kier alpha value is -1.43. The van der Waals surface area contributed by atoms with E-state index in [0.717, 1.165) is 19.6 Å². The van der Waals surface area contributed by atoms with Gasteiger partial charge in [0.25, 0.3) is 0 Å². The first-order valence-electron chi connectivity index (χ1n) is 7.52. The number of likely N-dealkylation sites (tertiary alicyclic amines) is 1. The minimum Gasteiger partial charge on any atom is -0.424 e. The second-order valence-corrected chi connectivity index (χ2v) is 5.35. The molecule has 6 heteroatoms. The number of carbonyl (C=O) groups is 1. The molecular formula is C14H24N4O2. The van der Waals surface area contributed by atoms with Gasteiger partial charge in [0.2, 0.25) is 17.7 Å². The van der Waals surface area contributed by atoms with Crippen molar-refractivity contribution in [3.05, 3.63) is 11.8 Å². The van der Waals surface area contributed by atoms with Gasteiger partial charge in [0.15, 0.2) is 0 Å². The lowest BCUT2D eigenvalue weighted by molar-refractivity contribution is -0.121. The van der Waals surface area contributed by atoms with Gasteiger partial charge in [-0.1, -0.05) is 19.3 Å². The smallest absolute Gasteiger partial charge is 0.235 e. The zero-order valence-electron chi connectivity index (χ0n) is 12.2. The Bertz CT molecular complexity index is 411. The first kappa shape index (κ1) is 15.0. The minimum atomic E-state index is 0.0444. The summed E-state index contributed by atoms with van der Waals surface area (Å²) in [5.41, 5.74) is 0. The normalized spacial score (nSPS) is 17.4. The standard InChI is InChI=1S/C14H24N4O2/c1-12-16-17-14(20-12)11-15-13(19)7-10-18-8-5-3-2-4-6-9-18/h2-11H2,1H3,(H,15,19). The SMILES string of the molecule is Cc1nnc(CNC(=O)CCN2CCCCCCC2)o1. The van der Waals surface area contributed by atoms with Crippen LogP contribution in [-0.4, -0.2) is 40.6 Å². The third kappa shape index (κ3) is 5.28. The lowest BCUT2D eigenvalue weighted by atomic mass is 10.1. The molecule has 2 rings (SSSR count). The zero-order chi connectivity index (χ0) is 14.2. The number of carbonyl (C=O) groups excluding carboxylic acids is 1. The predicted octanol–water partition coefficient (Wildman–Crippen LogP) is 1.65. The highest BCUT2D eigenvalue weighted by molar-refractivity contribution is 5.75. The van der Waals surface area contributed by atoms with Crippen LogP contribution < -0.4 is 5.32 Å². The summed E-state index contributed by atoms with van der Waals surface area (Å²) in [7, 11) is 0. The molecule has 0 radical (unpaired) electrons. The van der Waals surface area contributed by atoms with E-state index < -0.39 is 0 Å². The summed E-state index contributed by atoms with van der Waals surface area (Å²) < 4.78 is 5.21. The summed E-state index contributed by atoms with van der Waals surface area (Å²) in [6.45, 7) is 5.14. The van der Waals surface area contributed by atoms with Crippen molar-refractivity contribution in [2.45, 2.75) is 52.0 Å². The molecule has 1 N–H and O–H groups in total. The van der Waals surface area contributed by atoms with Crippen LogP contribution in [0.25, 0.3) is 0 Å². The van der Waals surface area contributed by atoms with Gasteiger partial charge in [-0.25, -0.2) is 0 Å². The summed E-state index contributed by atoms with van der Waals surface area (Å²) in [6.07, 6.45) is 7.04. The molecular weight excluding hydrogens is 256 g/mol. The summed E-state index contributed by atoms with van der Waals surface area (Å²) in [5.74, 6) is 1.03. The third-order valence-electron chi connectivity index (χ3n) is 3.61. The summed E-state index contributed by atoms with van der Waals surface area (Å²) in [5, 5.41) is 10.4. The molecule has 1 aromatic rings. The number of aryl methyl sites for hydroxylation is 1. The molecule has 0 atom stereocenters. The molecule has 1 amide bonds. The molecule has 0 bridgehead atoms. The van der Waals surface area contributed by atoms with Gasteiger partial charge in [-0.05, 0) is 25.9 Å². The van der Waals surface area contributed by atoms with Crippen LogP contribution in [0, 0.1) is 6.92 Å². The van der Waals surface area contributed by atoms with Crippen LogP contribution in [0.15, 0.2) is 4.42 Å². The third-order valence-corrected chi connectivity index (χ3v) is 3.61. The van der Waals surface area contributed by atoms with E-state index in [1.807, 2.05) is 0 Å². The Morgan fingerprint density at radius 1 is 1.20 bits per heavy atom. The maximum atomic E-state index is 11.8. The average molecular weight is 280 g/mol. The molecule has 1 aromatic heterocycles. The number of amides is 1. The second-order valence-electron chi connectivity index (χ2n) is 5.35. The number of rotatable bonds is 5. The fraction of sp³-hybridized carbons (Fsp3) is 0.786. The molecule has 20 heavy (non-hydrogen) atoms. The molecule has 1 fully saturated rings. The molecule has 0 aromatic carbocycles. The van der Waals surface area contributed by atoms with Gasteiger partial charge in [-0.2, -0.15) is 0 Å². The van der Waals surface area contributed by atoms with Crippen LogP contribution in [0.5, 0.6) is 0 Å². The molecule has 1 aliphatic rings. The first-order valence-corrected chi connectivity index (χ1v) is 7.52. The van der Waals surface area contributed by atoms with Gasteiger partial charge >= 0.3 is 0 Å². The molecule has 112 valence electrons. The maximum Gasteiger partial charge on any atom is 0.235 e. The summed E-state index contributed by atoms with van der Waals surface area (Å²) >= 11 is 0. The molecule has 0 spiro atoms. The Balaban J connectivity index is 1.63. The predicted molar refractivity (Wildman–Crippen MR) is 75.0 cm³/mol. The van der Waals surface area contributed by atoms with Crippen molar-refractivity contribution >= 4 is 5.91 Å². The van der Waals surface area contributed by atoms with E-state index >= 15 is 0 Å². The van der Waals surface area contributed by atoms with Crippen molar-refractivity contribution in [3.63, 3.8) is 0 Å². The minimum absolute atomic E-state index is 0.0444. The van der Waals surface area contributed by atoms with E-state index in [-0.39, 0.29) is 5.91 Å². The van der Waals surface area contributed by atoms with E-state index in [9.17, 15) is 4.79 Å². The average Bonchev–Trinajstić information content (AvgIpc) is 2.81. The highest BCUT2D eigenvalue weighted by Crippen LogP contribution is 2.10. The van der Waals surface area contributed by atoms with E-state index in [4.69, 9.17) is 4.42 Å². The van der Waals surface area contributed by atoms with Crippen molar-refractivity contribution in [1.29, 1.82) is 0 Å². The van der Waals surface area contributed by atoms with E-state index in [1.165, 1.54) is 32.1 Å². The highest BCUT2D eigenvalue weighted by Gasteiger charge is 2.11. The number of nitrogens with zero attached hydrogens (tertiary/aromatic N) is 3. The van der Waals surface area contributed by atoms with Crippen molar-refractivity contribution in [3.8, 4) is 0 Å². The van der Waals surface area contributed by atoms with Crippen LogP contribution >= 0.6 is 0 Å². The molecule has 0 saturated carbocycles. The van der Waals surface area contributed by atoms with E-state index in [2.05, 4.69) is 20.4 Å². The van der Waals surface area contributed by atoms with Crippen LogP contribution in [0.1, 0.15) is 50.3 Å². The molecule has 2 heterocycles. The van der Waals surface area contributed by atoms with Gasteiger partial charge in [-0.3, -0.25) is 4.79 Å². The number of hydrogen-bond acceptors (Lipinski definition) is 5. The Labute approximate surface area is 119 Å². The summed E-state index contributed by atoms with van der Waals surface area (Å²) in [6, 6.07) is 0. The maximum absolute atomic E-state index is 11.8. The van der Waals surface area contributed by atoms with Gasteiger partial charge in [-0.15, -0.1) is 10.2 Å². The van der Waals surface area contributed by atoms with Crippen molar-refractivity contribution in [2.24, 2.45) is 0 Å². The number of hydrogen-bond donors (Lipinski definition) is 1. The van der Waals surface area contributed by atoms with Crippen LogP contribution in [0.3, 0.4) is 0 Å². The van der Waals surface area contributed by atoms with Crippen LogP contribution in [0.4, 0.5) is 0 Å². The monoisotopic (exact) mass is 280 g/mol. The Kier molecular flexibility index (Phi) is 5.98. The second kappa shape index (κ2) is 7.99. The van der Waals surface area contributed by atoms with Crippen LogP contribution in [0.2, 0.25) is 0 Å². The zero-order valence-corrected chi connectivity index (χ0v) is 12.2. The highest BCUT2D eigenvalue weighted by atomic mass is 16.4. The van der Waals surface area contributed by atoms with Gasteiger partial charge in [0.05, 0.1) is 6.54 Å². The largest absolute Gasteiger partial charge is 0.424 e. The molecule has 0 unspecified atom stereocenters. The van der Waals surface area contributed by atoms with Gasteiger partial charge < -0.3 is 14.6 Å². The lowest BCUT2D eigenvalue weighted by Gasteiger charge is -2.24. The van der Waals surface area contributed by atoms with Gasteiger partial charge in [0.1, 0.15) is 0 Å². The quantitative estimate of drug-likeness (QED) is 0.888. The lowest BCUT2D eigenvalue weighted by Crippen LogP contribution is -2.32. The topological polar surface area (TPSA) is 71.3 Å². The molecule has 1 aliphatic heterocycles. The number of aromatic nitrogens is 2. The van der Waals surface area contributed by atoms with Crippen molar-refractivity contribution in [1.82, 2.24) is 20.4 Å². The van der Waals surface area contributed by atoms with Crippen molar-refractivity contribution < 1.29 is 9.21 Å². The Morgan fingerprint density at radius 3 is 2.55 bits per heavy atom.